The van der Waals surface area contributed by atoms with Crippen molar-refractivity contribution >= 4 is 11.8 Å². The molecule has 16 heavy (non-hydrogen) atoms. The monoisotopic (exact) mass is 226 g/mol. The molecule has 1 aliphatic rings. The molecule has 92 valence electrons. The van der Waals surface area contributed by atoms with E-state index in [2.05, 4.69) is 6.92 Å². The fourth-order valence-corrected chi connectivity index (χ4v) is 2.41. The lowest BCUT2D eigenvalue weighted by Gasteiger charge is -2.17. The molecule has 0 aromatic heterocycles. The van der Waals surface area contributed by atoms with Crippen molar-refractivity contribution in [3.05, 3.63) is 0 Å². The molecule has 0 N–H and O–H groups in total. The van der Waals surface area contributed by atoms with Gasteiger partial charge in [-0.15, -0.1) is 0 Å². The second-order valence-electron chi connectivity index (χ2n) is 4.67. The lowest BCUT2D eigenvalue weighted by atomic mass is 9.91. The molecule has 2 atom stereocenters. The molecule has 1 saturated carbocycles. The Morgan fingerprint density at radius 1 is 1.44 bits per heavy atom. The minimum atomic E-state index is -0.244. The zero-order valence-electron chi connectivity index (χ0n) is 10.3. The summed E-state index contributed by atoms with van der Waals surface area (Å²) in [6.07, 6.45) is 6.01. The van der Waals surface area contributed by atoms with Crippen LogP contribution in [-0.4, -0.2) is 18.4 Å². The van der Waals surface area contributed by atoms with Crippen molar-refractivity contribution in [2.75, 3.05) is 6.61 Å². The van der Waals surface area contributed by atoms with Crippen LogP contribution in [-0.2, 0) is 14.3 Å². The molecule has 2 unspecified atom stereocenters. The van der Waals surface area contributed by atoms with Crippen LogP contribution in [0.3, 0.4) is 0 Å². The Balaban J connectivity index is 2.36. The molecular formula is C13H22O3. The van der Waals surface area contributed by atoms with E-state index in [0.29, 0.717) is 18.8 Å². The van der Waals surface area contributed by atoms with Gasteiger partial charge in [0.25, 0.3) is 0 Å². The van der Waals surface area contributed by atoms with Gasteiger partial charge in [0.15, 0.2) is 0 Å². The number of carbonyl (C=O) groups is 2. The van der Waals surface area contributed by atoms with Crippen LogP contribution in [0.1, 0.15) is 52.4 Å². The van der Waals surface area contributed by atoms with E-state index in [9.17, 15) is 9.59 Å². The second-order valence-corrected chi connectivity index (χ2v) is 4.67. The Labute approximate surface area is 97.5 Å². The maximum Gasteiger partial charge on any atom is 0.302 e. The highest BCUT2D eigenvalue weighted by atomic mass is 16.5. The first-order chi connectivity index (χ1) is 7.65. The molecule has 0 aromatic carbocycles. The Morgan fingerprint density at radius 2 is 2.19 bits per heavy atom. The van der Waals surface area contributed by atoms with Crippen molar-refractivity contribution in [3.63, 3.8) is 0 Å². The molecule has 3 heteroatoms. The summed E-state index contributed by atoms with van der Waals surface area (Å²) in [4.78, 5) is 22.4. The van der Waals surface area contributed by atoms with Gasteiger partial charge in [0.2, 0.25) is 0 Å². The van der Waals surface area contributed by atoms with E-state index in [1.54, 1.807) is 0 Å². The third-order valence-electron chi connectivity index (χ3n) is 3.36. The molecule has 1 aliphatic carbocycles. The summed E-state index contributed by atoms with van der Waals surface area (Å²) < 4.78 is 5.02. The summed E-state index contributed by atoms with van der Waals surface area (Å²) in [6, 6.07) is 0. The van der Waals surface area contributed by atoms with Gasteiger partial charge in [-0.2, -0.15) is 0 Å². The molecule has 0 bridgehead atoms. The standard InChI is InChI=1S/C13H22O3/c1-3-4-5-6-12-11(7-8-13(12)15)9-16-10(2)14/h11-12H,3-9H2,1-2H3. The lowest BCUT2D eigenvalue weighted by molar-refractivity contribution is -0.143. The number of carbonyl (C=O) groups excluding carboxylic acids is 2. The Hall–Kier alpha value is -0.860. The largest absolute Gasteiger partial charge is 0.466 e. The molecule has 0 radical (unpaired) electrons. The fourth-order valence-electron chi connectivity index (χ4n) is 2.41. The minimum absolute atomic E-state index is 0.144. The summed E-state index contributed by atoms with van der Waals surface area (Å²) in [5.74, 6) is 0.541. The second kappa shape index (κ2) is 6.66. The normalized spacial score (nSPS) is 24.8. The van der Waals surface area contributed by atoms with Gasteiger partial charge < -0.3 is 4.74 Å². The molecule has 0 aliphatic heterocycles. The van der Waals surface area contributed by atoms with Crippen molar-refractivity contribution in [1.29, 1.82) is 0 Å². The number of Topliss-reactive ketones (excluding diaryl/α,β-unsaturated/α-hetero) is 1. The van der Waals surface area contributed by atoms with Crippen molar-refractivity contribution in [3.8, 4) is 0 Å². The van der Waals surface area contributed by atoms with E-state index in [1.807, 2.05) is 0 Å². The van der Waals surface area contributed by atoms with Crippen molar-refractivity contribution < 1.29 is 14.3 Å². The maximum atomic E-state index is 11.7. The number of ether oxygens (including phenoxy) is 1. The van der Waals surface area contributed by atoms with Gasteiger partial charge in [-0.1, -0.05) is 26.2 Å². The third-order valence-corrected chi connectivity index (χ3v) is 3.36. The average Bonchev–Trinajstić information content (AvgIpc) is 2.58. The van der Waals surface area contributed by atoms with Gasteiger partial charge in [0.05, 0.1) is 6.61 Å². The van der Waals surface area contributed by atoms with Gasteiger partial charge in [0, 0.05) is 25.2 Å². The zero-order valence-corrected chi connectivity index (χ0v) is 10.3. The van der Waals surface area contributed by atoms with E-state index in [4.69, 9.17) is 4.74 Å². The Bertz CT molecular complexity index is 248. The predicted molar refractivity (Wildman–Crippen MR) is 62.0 cm³/mol. The van der Waals surface area contributed by atoms with E-state index in [-0.39, 0.29) is 17.8 Å². The van der Waals surface area contributed by atoms with Crippen LogP contribution in [0.25, 0.3) is 0 Å². The minimum Gasteiger partial charge on any atom is -0.466 e. The van der Waals surface area contributed by atoms with Crippen molar-refractivity contribution in [1.82, 2.24) is 0 Å². The number of hydrogen-bond donors (Lipinski definition) is 0. The highest BCUT2D eigenvalue weighted by Gasteiger charge is 2.34. The topological polar surface area (TPSA) is 43.4 Å². The number of rotatable bonds is 6. The number of ketones is 1. The molecule has 1 fully saturated rings. The zero-order chi connectivity index (χ0) is 12.0. The Morgan fingerprint density at radius 3 is 2.81 bits per heavy atom. The summed E-state index contributed by atoms with van der Waals surface area (Å²) in [6.45, 7) is 4.01. The van der Waals surface area contributed by atoms with Crippen LogP contribution in [0.4, 0.5) is 0 Å². The average molecular weight is 226 g/mol. The molecule has 0 heterocycles. The van der Waals surface area contributed by atoms with Crippen molar-refractivity contribution in [2.45, 2.75) is 52.4 Å². The lowest BCUT2D eigenvalue weighted by Crippen LogP contribution is -2.20. The van der Waals surface area contributed by atoms with Crippen LogP contribution in [0, 0.1) is 11.8 Å². The first kappa shape index (κ1) is 13.2. The highest BCUT2D eigenvalue weighted by molar-refractivity contribution is 5.83. The molecule has 0 amide bonds. The Kier molecular flexibility index (Phi) is 5.50. The molecule has 1 rings (SSSR count). The molecule has 0 saturated heterocycles. The van der Waals surface area contributed by atoms with Crippen LogP contribution in [0.15, 0.2) is 0 Å². The summed E-state index contributed by atoms with van der Waals surface area (Å²) in [7, 11) is 0. The summed E-state index contributed by atoms with van der Waals surface area (Å²) >= 11 is 0. The number of hydrogen-bond acceptors (Lipinski definition) is 3. The molecular weight excluding hydrogens is 204 g/mol. The van der Waals surface area contributed by atoms with Crippen LogP contribution in [0.2, 0.25) is 0 Å². The van der Waals surface area contributed by atoms with Crippen LogP contribution < -0.4 is 0 Å². The van der Waals surface area contributed by atoms with E-state index < -0.39 is 0 Å². The highest BCUT2D eigenvalue weighted by Crippen LogP contribution is 2.32. The quantitative estimate of drug-likeness (QED) is 0.516. The molecule has 3 nitrogen and oxygen atoms in total. The SMILES string of the molecule is CCCCCC1C(=O)CCC1COC(C)=O. The van der Waals surface area contributed by atoms with Crippen LogP contribution in [0.5, 0.6) is 0 Å². The third kappa shape index (κ3) is 3.95. The van der Waals surface area contributed by atoms with E-state index in [0.717, 1.165) is 19.3 Å². The first-order valence-corrected chi connectivity index (χ1v) is 6.31. The fraction of sp³-hybridized carbons (Fsp3) is 0.846. The first-order valence-electron chi connectivity index (χ1n) is 6.31. The predicted octanol–water partition coefficient (Wildman–Crippen LogP) is 2.73. The van der Waals surface area contributed by atoms with Crippen molar-refractivity contribution in [2.24, 2.45) is 11.8 Å². The van der Waals surface area contributed by atoms with Gasteiger partial charge in [0.1, 0.15) is 5.78 Å². The summed E-state index contributed by atoms with van der Waals surface area (Å²) in [5, 5.41) is 0. The molecule has 0 aromatic rings. The van der Waals surface area contributed by atoms with Gasteiger partial charge >= 0.3 is 5.97 Å². The smallest absolute Gasteiger partial charge is 0.302 e. The van der Waals surface area contributed by atoms with E-state index in [1.165, 1.54) is 19.8 Å². The van der Waals surface area contributed by atoms with E-state index >= 15 is 0 Å². The van der Waals surface area contributed by atoms with Crippen LogP contribution >= 0.6 is 0 Å². The number of esters is 1. The maximum absolute atomic E-state index is 11.7. The van der Waals surface area contributed by atoms with Gasteiger partial charge in [-0.25, -0.2) is 0 Å². The molecule has 0 spiro atoms. The van der Waals surface area contributed by atoms with Gasteiger partial charge in [-0.05, 0) is 12.8 Å². The summed E-state index contributed by atoms with van der Waals surface area (Å²) in [5.41, 5.74) is 0. The van der Waals surface area contributed by atoms with Gasteiger partial charge in [-0.3, -0.25) is 9.59 Å². The number of unbranched alkanes of at least 4 members (excludes halogenated alkanes) is 2.